The van der Waals surface area contributed by atoms with E-state index in [1.54, 1.807) is 12.1 Å². The normalized spacial score (nSPS) is 10.5. The van der Waals surface area contributed by atoms with Crippen molar-refractivity contribution >= 4 is 12.0 Å². The van der Waals surface area contributed by atoms with Crippen molar-refractivity contribution in [3.8, 4) is 0 Å². The number of carbonyl (C=O) groups is 1. The summed E-state index contributed by atoms with van der Waals surface area (Å²) in [6.45, 7) is 2.05. The first-order chi connectivity index (χ1) is 6.27. The third kappa shape index (κ3) is 2.40. The van der Waals surface area contributed by atoms with Crippen molar-refractivity contribution in [1.82, 2.24) is 0 Å². The standard InChI is InChI=1S/C10H11NO2/c1-2-8-3-5-9(6-4-8)10(12)7-11-13/h3-7,13H,2H2,1H3. The number of ketones is 1. The SMILES string of the molecule is CCc1ccc(C(=O)C=NO)cc1. The van der Waals surface area contributed by atoms with Crippen LogP contribution in [0.2, 0.25) is 0 Å². The summed E-state index contributed by atoms with van der Waals surface area (Å²) in [5.74, 6) is -0.287. The van der Waals surface area contributed by atoms with Crippen LogP contribution >= 0.6 is 0 Å². The molecule has 3 heteroatoms. The topological polar surface area (TPSA) is 49.7 Å². The zero-order valence-electron chi connectivity index (χ0n) is 7.40. The molecule has 0 aliphatic rings. The van der Waals surface area contributed by atoms with Crippen LogP contribution in [-0.2, 0) is 6.42 Å². The van der Waals surface area contributed by atoms with Gasteiger partial charge in [0.25, 0.3) is 0 Å². The molecule has 1 rings (SSSR count). The highest BCUT2D eigenvalue weighted by atomic mass is 16.4. The van der Waals surface area contributed by atoms with Crippen LogP contribution in [-0.4, -0.2) is 17.2 Å². The van der Waals surface area contributed by atoms with Gasteiger partial charge in [-0.1, -0.05) is 36.3 Å². The van der Waals surface area contributed by atoms with E-state index in [-0.39, 0.29) is 5.78 Å². The number of carbonyl (C=O) groups excluding carboxylic acids is 1. The Morgan fingerprint density at radius 2 is 2.08 bits per heavy atom. The van der Waals surface area contributed by atoms with Crippen LogP contribution in [0.1, 0.15) is 22.8 Å². The molecule has 0 fully saturated rings. The largest absolute Gasteiger partial charge is 0.411 e. The molecule has 68 valence electrons. The Morgan fingerprint density at radius 1 is 1.46 bits per heavy atom. The highest BCUT2D eigenvalue weighted by molar-refractivity contribution is 6.35. The van der Waals surface area contributed by atoms with Gasteiger partial charge < -0.3 is 5.21 Å². The van der Waals surface area contributed by atoms with E-state index < -0.39 is 0 Å². The molecule has 0 saturated heterocycles. The van der Waals surface area contributed by atoms with E-state index in [0.29, 0.717) is 5.56 Å². The molecule has 0 unspecified atom stereocenters. The maximum absolute atomic E-state index is 11.1. The van der Waals surface area contributed by atoms with E-state index in [0.717, 1.165) is 12.6 Å². The Bertz CT molecular complexity index is 314. The van der Waals surface area contributed by atoms with Gasteiger partial charge in [-0.25, -0.2) is 0 Å². The number of Topliss-reactive ketones (excluding diaryl/α,β-unsaturated/α-hetero) is 1. The third-order valence-electron chi connectivity index (χ3n) is 1.82. The first-order valence-electron chi connectivity index (χ1n) is 4.08. The highest BCUT2D eigenvalue weighted by Crippen LogP contribution is 2.04. The Balaban J connectivity index is 2.85. The summed E-state index contributed by atoms with van der Waals surface area (Å²) in [5, 5.41) is 10.8. The third-order valence-corrected chi connectivity index (χ3v) is 1.82. The molecular formula is C10H11NO2. The fraction of sp³-hybridized carbons (Fsp3) is 0.200. The molecule has 1 aromatic rings. The van der Waals surface area contributed by atoms with Crippen LogP contribution in [0.5, 0.6) is 0 Å². The van der Waals surface area contributed by atoms with E-state index in [1.165, 1.54) is 5.56 Å². The maximum atomic E-state index is 11.1. The van der Waals surface area contributed by atoms with Crippen LogP contribution < -0.4 is 0 Å². The second kappa shape index (κ2) is 4.40. The van der Waals surface area contributed by atoms with Gasteiger partial charge in [-0.3, -0.25) is 4.79 Å². The molecule has 1 N–H and O–H groups in total. The molecule has 1 aromatic carbocycles. The molecule has 0 radical (unpaired) electrons. The van der Waals surface area contributed by atoms with Gasteiger partial charge in [0, 0.05) is 5.56 Å². The zero-order valence-corrected chi connectivity index (χ0v) is 7.40. The second-order valence-electron chi connectivity index (χ2n) is 2.66. The molecule has 0 aliphatic carbocycles. The van der Waals surface area contributed by atoms with Crippen molar-refractivity contribution in [2.75, 3.05) is 0 Å². The lowest BCUT2D eigenvalue weighted by Crippen LogP contribution is -1.99. The van der Waals surface area contributed by atoms with Crippen molar-refractivity contribution in [1.29, 1.82) is 0 Å². The lowest BCUT2D eigenvalue weighted by atomic mass is 10.1. The summed E-state index contributed by atoms with van der Waals surface area (Å²) in [5.41, 5.74) is 1.72. The quantitative estimate of drug-likeness (QED) is 0.332. The number of benzene rings is 1. The molecule has 0 spiro atoms. The average molecular weight is 177 g/mol. The minimum absolute atomic E-state index is 0.287. The van der Waals surface area contributed by atoms with Gasteiger partial charge in [-0.2, -0.15) is 0 Å². The summed E-state index contributed by atoms with van der Waals surface area (Å²) >= 11 is 0. The summed E-state index contributed by atoms with van der Waals surface area (Å²) in [6.07, 6.45) is 1.84. The van der Waals surface area contributed by atoms with E-state index >= 15 is 0 Å². The van der Waals surface area contributed by atoms with Gasteiger partial charge >= 0.3 is 0 Å². The van der Waals surface area contributed by atoms with E-state index in [2.05, 4.69) is 5.16 Å². The van der Waals surface area contributed by atoms with Gasteiger partial charge in [0.05, 0.1) is 0 Å². The molecule has 0 saturated carbocycles. The summed E-state index contributed by atoms with van der Waals surface area (Å²) in [4.78, 5) is 11.1. The predicted octanol–water partition coefficient (Wildman–Crippen LogP) is 1.89. The van der Waals surface area contributed by atoms with Gasteiger partial charge in [-0.15, -0.1) is 0 Å². The Morgan fingerprint density at radius 3 is 2.54 bits per heavy atom. The lowest BCUT2D eigenvalue weighted by molar-refractivity contribution is 0.106. The smallest absolute Gasteiger partial charge is 0.207 e. The summed E-state index contributed by atoms with van der Waals surface area (Å²) < 4.78 is 0. The zero-order chi connectivity index (χ0) is 9.68. The van der Waals surface area contributed by atoms with Crippen LogP contribution in [0.3, 0.4) is 0 Å². The molecular weight excluding hydrogens is 166 g/mol. The number of oxime groups is 1. The van der Waals surface area contributed by atoms with Crippen LogP contribution in [0.15, 0.2) is 29.4 Å². The fourth-order valence-electron chi connectivity index (χ4n) is 1.03. The number of rotatable bonds is 3. The first-order valence-corrected chi connectivity index (χ1v) is 4.08. The molecule has 13 heavy (non-hydrogen) atoms. The summed E-state index contributed by atoms with van der Waals surface area (Å²) in [7, 11) is 0. The van der Waals surface area contributed by atoms with E-state index in [9.17, 15) is 4.79 Å². The first kappa shape index (κ1) is 9.45. The fourth-order valence-corrected chi connectivity index (χ4v) is 1.03. The van der Waals surface area contributed by atoms with Crippen LogP contribution in [0.4, 0.5) is 0 Å². The van der Waals surface area contributed by atoms with Crippen molar-refractivity contribution in [2.24, 2.45) is 5.16 Å². The predicted molar refractivity (Wildman–Crippen MR) is 50.4 cm³/mol. The van der Waals surface area contributed by atoms with Gasteiger partial charge in [0.15, 0.2) is 0 Å². The Labute approximate surface area is 76.7 Å². The molecule has 3 nitrogen and oxygen atoms in total. The number of aryl methyl sites for hydroxylation is 1. The lowest BCUT2D eigenvalue weighted by Gasteiger charge is -1.97. The maximum Gasteiger partial charge on any atom is 0.207 e. The van der Waals surface area contributed by atoms with Gasteiger partial charge in [0.1, 0.15) is 6.21 Å². The molecule has 0 aromatic heterocycles. The van der Waals surface area contributed by atoms with Crippen molar-refractivity contribution in [3.05, 3.63) is 35.4 Å². The van der Waals surface area contributed by atoms with Crippen molar-refractivity contribution in [3.63, 3.8) is 0 Å². The number of hydrogen-bond donors (Lipinski definition) is 1. The monoisotopic (exact) mass is 177 g/mol. The number of nitrogens with zero attached hydrogens (tertiary/aromatic N) is 1. The molecule has 0 aliphatic heterocycles. The molecule has 0 amide bonds. The van der Waals surface area contributed by atoms with Crippen molar-refractivity contribution < 1.29 is 10.0 Å². The molecule has 0 bridgehead atoms. The average Bonchev–Trinajstić information content (AvgIpc) is 2.18. The van der Waals surface area contributed by atoms with Gasteiger partial charge in [0.2, 0.25) is 5.78 Å². The number of hydrogen-bond acceptors (Lipinski definition) is 3. The van der Waals surface area contributed by atoms with Crippen LogP contribution in [0, 0.1) is 0 Å². The Hall–Kier alpha value is -1.64. The van der Waals surface area contributed by atoms with Crippen molar-refractivity contribution in [2.45, 2.75) is 13.3 Å². The summed E-state index contributed by atoms with van der Waals surface area (Å²) in [6, 6.07) is 7.22. The Kier molecular flexibility index (Phi) is 3.20. The van der Waals surface area contributed by atoms with E-state index in [1.807, 2.05) is 19.1 Å². The molecule has 0 atom stereocenters. The van der Waals surface area contributed by atoms with E-state index in [4.69, 9.17) is 5.21 Å². The minimum Gasteiger partial charge on any atom is -0.411 e. The van der Waals surface area contributed by atoms with Gasteiger partial charge in [-0.05, 0) is 12.0 Å². The molecule has 0 heterocycles. The minimum atomic E-state index is -0.287. The highest BCUT2D eigenvalue weighted by Gasteiger charge is 2.01. The second-order valence-corrected chi connectivity index (χ2v) is 2.66. The van der Waals surface area contributed by atoms with Crippen LogP contribution in [0.25, 0.3) is 0 Å².